The number of fused-ring (bicyclic) bond motifs is 3. The van der Waals surface area contributed by atoms with E-state index in [0.29, 0.717) is 23.0 Å². The van der Waals surface area contributed by atoms with Crippen LogP contribution in [-0.4, -0.2) is 41.0 Å². The molecule has 6 nitrogen and oxygen atoms in total. The second-order valence-electron chi connectivity index (χ2n) is 10.1. The number of nitrogens with zero attached hydrogens (tertiary/aromatic N) is 3. The summed E-state index contributed by atoms with van der Waals surface area (Å²) in [4.78, 5) is 34.2. The summed E-state index contributed by atoms with van der Waals surface area (Å²) in [5.74, 6) is -0.0150. The van der Waals surface area contributed by atoms with E-state index in [0.717, 1.165) is 51.8 Å². The molecular formula is C32H29ClN4O2. The average molecular weight is 537 g/mol. The minimum atomic E-state index is -0.346. The molecule has 1 aromatic heterocycles. The van der Waals surface area contributed by atoms with Gasteiger partial charge in [-0.15, -0.1) is 0 Å². The Balaban J connectivity index is 1.49. The summed E-state index contributed by atoms with van der Waals surface area (Å²) in [6.07, 6.45) is 8.08. The lowest BCUT2D eigenvalue weighted by molar-refractivity contribution is -0.130. The number of benzene rings is 3. The summed E-state index contributed by atoms with van der Waals surface area (Å²) in [7, 11) is 1.83. The Morgan fingerprint density at radius 2 is 1.74 bits per heavy atom. The molecule has 7 heteroatoms. The molecule has 2 heterocycles. The van der Waals surface area contributed by atoms with Gasteiger partial charge in [0.2, 0.25) is 5.91 Å². The monoisotopic (exact) mass is 536 g/mol. The predicted octanol–water partition coefficient (Wildman–Crippen LogP) is 6.81. The quantitative estimate of drug-likeness (QED) is 0.294. The molecule has 1 aliphatic heterocycles. The second kappa shape index (κ2) is 10.2. The molecule has 2 aliphatic rings. The van der Waals surface area contributed by atoms with Crippen LogP contribution >= 0.6 is 11.6 Å². The molecule has 1 saturated carbocycles. The summed E-state index contributed by atoms with van der Waals surface area (Å²) >= 11 is 6.14. The van der Waals surface area contributed by atoms with Crippen LogP contribution in [0, 0.1) is 0 Å². The molecule has 0 spiro atoms. The number of aromatic nitrogens is 1. The first-order chi connectivity index (χ1) is 18.9. The van der Waals surface area contributed by atoms with Crippen molar-refractivity contribution in [1.82, 2.24) is 15.2 Å². The standard InChI is InChI=1S/C32H29ClN4O2/c1-3-30(38)36(2)29-17-9-23-19-34-28-16-8-22(20-4-10-24(33)11-5-20)18-27(28)31(23)37(29)26-14-6-21(7-15-26)32(39)35-25-12-13-25/h4-11,14-19,25,29H,3,12-13H2,1-2H3,(H,35,39). The Kier molecular flexibility index (Phi) is 6.57. The van der Waals surface area contributed by atoms with Crippen LogP contribution < -0.4 is 10.2 Å². The first-order valence-electron chi connectivity index (χ1n) is 13.3. The van der Waals surface area contributed by atoms with Crippen molar-refractivity contribution in [3.05, 3.63) is 95.2 Å². The van der Waals surface area contributed by atoms with Crippen LogP contribution in [0.15, 0.2) is 79.0 Å². The van der Waals surface area contributed by atoms with Crippen molar-refractivity contribution in [2.75, 3.05) is 11.9 Å². The molecule has 196 valence electrons. The van der Waals surface area contributed by atoms with Gasteiger partial charge in [-0.3, -0.25) is 14.6 Å². The smallest absolute Gasteiger partial charge is 0.251 e. The van der Waals surface area contributed by atoms with Gasteiger partial charge in [0.1, 0.15) is 6.17 Å². The molecule has 1 aliphatic carbocycles. The lowest BCUT2D eigenvalue weighted by Gasteiger charge is -2.41. The van der Waals surface area contributed by atoms with Gasteiger partial charge in [0.15, 0.2) is 0 Å². The highest BCUT2D eigenvalue weighted by atomic mass is 35.5. The van der Waals surface area contributed by atoms with Crippen LogP contribution in [-0.2, 0) is 4.79 Å². The third-order valence-electron chi connectivity index (χ3n) is 7.41. The summed E-state index contributed by atoms with van der Waals surface area (Å²) in [6, 6.07) is 21.9. The molecule has 2 amide bonds. The molecule has 1 fully saturated rings. The Morgan fingerprint density at radius 3 is 2.44 bits per heavy atom. The maximum atomic E-state index is 12.9. The summed E-state index contributed by atoms with van der Waals surface area (Å²) in [5.41, 5.74) is 6.39. The van der Waals surface area contributed by atoms with Gasteiger partial charge in [0.05, 0.1) is 11.2 Å². The topological polar surface area (TPSA) is 65.5 Å². The number of nitrogens with one attached hydrogen (secondary N) is 1. The first-order valence-corrected chi connectivity index (χ1v) is 13.6. The fourth-order valence-electron chi connectivity index (χ4n) is 5.07. The number of carbonyl (C=O) groups excluding carboxylic acids is 2. The number of likely N-dealkylation sites (N-methyl/N-ethyl adjacent to an activating group) is 1. The Hall–Kier alpha value is -4.16. The van der Waals surface area contributed by atoms with Gasteiger partial charge in [-0.1, -0.05) is 42.8 Å². The molecule has 3 aromatic carbocycles. The minimum Gasteiger partial charge on any atom is -0.349 e. The highest BCUT2D eigenvalue weighted by molar-refractivity contribution is 6.30. The maximum Gasteiger partial charge on any atom is 0.251 e. The fourth-order valence-corrected chi connectivity index (χ4v) is 5.19. The lowest BCUT2D eigenvalue weighted by Crippen LogP contribution is -2.47. The number of anilines is 2. The van der Waals surface area contributed by atoms with Crippen LogP contribution in [0.1, 0.15) is 42.1 Å². The number of hydrogen-bond donors (Lipinski definition) is 1. The van der Waals surface area contributed by atoms with Crippen LogP contribution in [0.3, 0.4) is 0 Å². The molecular weight excluding hydrogens is 508 g/mol. The number of hydrogen-bond acceptors (Lipinski definition) is 4. The SMILES string of the molecule is CCC(=O)N(C)C1C=Cc2cnc3ccc(-c4ccc(Cl)cc4)cc3c2N1c1ccc(C(=O)NC2CC2)cc1. The van der Waals surface area contributed by atoms with E-state index in [1.807, 2.05) is 86.9 Å². The molecule has 1 N–H and O–H groups in total. The van der Waals surface area contributed by atoms with Gasteiger partial charge in [0, 0.05) is 52.9 Å². The van der Waals surface area contributed by atoms with Crippen LogP contribution in [0.2, 0.25) is 5.02 Å². The number of amides is 2. The summed E-state index contributed by atoms with van der Waals surface area (Å²) < 4.78 is 0. The minimum absolute atomic E-state index is 0.0405. The van der Waals surface area contributed by atoms with Crippen molar-refractivity contribution in [3.8, 4) is 11.1 Å². The molecule has 39 heavy (non-hydrogen) atoms. The van der Waals surface area contributed by atoms with Gasteiger partial charge in [-0.05, 0) is 78.6 Å². The van der Waals surface area contributed by atoms with E-state index in [1.165, 1.54) is 0 Å². The van der Waals surface area contributed by atoms with E-state index in [2.05, 4.69) is 22.3 Å². The van der Waals surface area contributed by atoms with Gasteiger partial charge in [-0.25, -0.2) is 0 Å². The normalized spacial score (nSPS) is 16.2. The van der Waals surface area contributed by atoms with Crippen molar-refractivity contribution in [1.29, 1.82) is 0 Å². The Bertz CT molecular complexity index is 1590. The van der Waals surface area contributed by atoms with E-state index in [-0.39, 0.29) is 18.0 Å². The Morgan fingerprint density at radius 1 is 1.03 bits per heavy atom. The summed E-state index contributed by atoms with van der Waals surface area (Å²) in [5, 5.41) is 4.72. The van der Waals surface area contributed by atoms with Crippen molar-refractivity contribution in [2.24, 2.45) is 0 Å². The highest BCUT2D eigenvalue weighted by Gasteiger charge is 2.31. The number of halogens is 1. The third-order valence-corrected chi connectivity index (χ3v) is 7.66. The molecule has 0 bridgehead atoms. The molecule has 6 rings (SSSR count). The van der Waals surface area contributed by atoms with Crippen molar-refractivity contribution < 1.29 is 9.59 Å². The van der Waals surface area contributed by atoms with Crippen LogP contribution in [0.4, 0.5) is 11.4 Å². The first kappa shape index (κ1) is 25.1. The van der Waals surface area contributed by atoms with Crippen molar-refractivity contribution in [2.45, 2.75) is 38.4 Å². The van der Waals surface area contributed by atoms with Gasteiger partial charge >= 0.3 is 0 Å². The third kappa shape index (κ3) is 4.88. The van der Waals surface area contributed by atoms with E-state index in [4.69, 9.17) is 16.6 Å². The molecule has 1 unspecified atom stereocenters. The van der Waals surface area contributed by atoms with E-state index >= 15 is 0 Å². The van der Waals surface area contributed by atoms with Crippen molar-refractivity contribution in [3.63, 3.8) is 0 Å². The van der Waals surface area contributed by atoms with Crippen LogP contribution in [0.5, 0.6) is 0 Å². The zero-order chi connectivity index (χ0) is 27.1. The fraction of sp³-hybridized carbons (Fsp3) is 0.219. The van der Waals surface area contributed by atoms with E-state index < -0.39 is 0 Å². The maximum absolute atomic E-state index is 12.9. The molecule has 1 atom stereocenters. The molecule has 0 radical (unpaired) electrons. The highest BCUT2D eigenvalue weighted by Crippen LogP contribution is 2.42. The molecule has 0 saturated heterocycles. The number of carbonyl (C=O) groups is 2. The van der Waals surface area contributed by atoms with Crippen LogP contribution in [0.25, 0.3) is 28.1 Å². The number of rotatable bonds is 6. The molecule has 4 aromatic rings. The predicted molar refractivity (Wildman–Crippen MR) is 157 cm³/mol. The zero-order valence-corrected chi connectivity index (χ0v) is 22.7. The van der Waals surface area contributed by atoms with E-state index in [9.17, 15) is 9.59 Å². The van der Waals surface area contributed by atoms with Gasteiger partial charge in [0.25, 0.3) is 5.91 Å². The van der Waals surface area contributed by atoms with Gasteiger partial charge in [-0.2, -0.15) is 0 Å². The van der Waals surface area contributed by atoms with E-state index in [1.54, 1.807) is 4.90 Å². The van der Waals surface area contributed by atoms with Gasteiger partial charge < -0.3 is 15.1 Å². The number of pyridine rings is 1. The Labute approximate surface area is 232 Å². The summed E-state index contributed by atoms with van der Waals surface area (Å²) in [6.45, 7) is 1.87. The average Bonchev–Trinajstić information content (AvgIpc) is 3.79. The zero-order valence-electron chi connectivity index (χ0n) is 21.9. The second-order valence-corrected chi connectivity index (χ2v) is 10.5. The lowest BCUT2D eigenvalue weighted by atomic mass is 9.98. The largest absolute Gasteiger partial charge is 0.349 e. The van der Waals surface area contributed by atoms with Crippen molar-refractivity contribution >= 4 is 51.8 Å².